The molecule has 0 saturated carbocycles. The summed E-state index contributed by atoms with van der Waals surface area (Å²) >= 11 is 0. The molecule has 0 N–H and O–H groups in total. The van der Waals surface area contributed by atoms with Gasteiger partial charge in [-0.25, -0.2) is 9.59 Å². The third kappa shape index (κ3) is 3.65. The highest BCUT2D eigenvalue weighted by Gasteiger charge is 2.50. The van der Waals surface area contributed by atoms with Crippen molar-refractivity contribution in [3.05, 3.63) is 35.4 Å². The van der Waals surface area contributed by atoms with E-state index in [-0.39, 0.29) is 32.5 Å². The van der Waals surface area contributed by atoms with Crippen molar-refractivity contribution in [3.8, 4) is 0 Å². The zero-order valence-corrected chi connectivity index (χ0v) is 19.3. The Labute approximate surface area is 178 Å². The minimum atomic E-state index is -0.540. The number of benzene rings is 1. The highest BCUT2D eigenvalue weighted by molar-refractivity contribution is 6.03. The molecule has 2 aliphatic rings. The molecule has 0 fully saturated rings. The number of hydroxylamine groups is 6. The number of nitrogens with zero attached hydrogens (tertiary/aromatic N) is 4. The van der Waals surface area contributed by atoms with Crippen LogP contribution in [0.2, 0.25) is 0 Å². The number of likely N-dealkylation sites (N-methyl/N-ethyl adjacent to an activating group) is 4. The van der Waals surface area contributed by atoms with Gasteiger partial charge in [0.25, 0.3) is 0 Å². The van der Waals surface area contributed by atoms with Crippen LogP contribution in [0, 0.1) is 0 Å². The van der Waals surface area contributed by atoms with E-state index in [9.17, 15) is 9.59 Å². The van der Waals surface area contributed by atoms with Crippen molar-refractivity contribution in [1.29, 1.82) is 0 Å². The molecule has 0 saturated heterocycles. The Kier molecular flexibility index (Phi) is 5.60. The number of rotatable bonds is 4. The summed E-state index contributed by atoms with van der Waals surface area (Å²) in [6.07, 6.45) is 0. The van der Waals surface area contributed by atoms with Gasteiger partial charge in [0, 0.05) is 13.8 Å². The van der Waals surface area contributed by atoms with Gasteiger partial charge in [-0.15, -0.1) is 0 Å². The third-order valence-electron chi connectivity index (χ3n) is 6.87. The quantitative estimate of drug-likeness (QED) is 0.551. The SMILES string of the molecule is CC1=[N+](C)C(C)C[N+]1(C)OC(=O)c1ccccc1C(=O)O[N+]1(C)CC(C)[N+](C)=C1C. The van der Waals surface area contributed by atoms with E-state index in [2.05, 4.69) is 23.0 Å². The van der Waals surface area contributed by atoms with Crippen LogP contribution in [-0.2, 0) is 9.68 Å². The van der Waals surface area contributed by atoms with E-state index in [1.54, 1.807) is 24.3 Å². The minimum absolute atomic E-state index is 0.0584. The zero-order chi connectivity index (χ0) is 22.4. The van der Waals surface area contributed by atoms with Gasteiger partial charge < -0.3 is 0 Å². The highest BCUT2D eigenvalue weighted by Crippen LogP contribution is 2.23. The van der Waals surface area contributed by atoms with Crippen LogP contribution in [0.25, 0.3) is 0 Å². The van der Waals surface area contributed by atoms with Crippen LogP contribution in [0.1, 0.15) is 48.4 Å². The number of carbonyl (C=O) groups excluding carboxylic acids is 2. The highest BCUT2D eigenvalue weighted by atomic mass is 16.8. The second kappa shape index (κ2) is 7.59. The lowest BCUT2D eigenvalue weighted by Crippen LogP contribution is -2.49. The smallest absolute Gasteiger partial charge is 0.261 e. The summed E-state index contributed by atoms with van der Waals surface area (Å²) in [5.41, 5.74) is 0.420. The number of hydrogen-bond acceptors (Lipinski definition) is 4. The van der Waals surface area contributed by atoms with Crippen molar-refractivity contribution in [2.45, 2.75) is 39.8 Å². The molecule has 0 aliphatic carbocycles. The van der Waals surface area contributed by atoms with Crippen molar-refractivity contribution in [2.24, 2.45) is 0 Å². The Balaban J connectivity index is 1.85. The molecule has 2 aliphatic heterocycles. The second-order valence-electron chi connectivity index (χ2n) is 8.88. The maximum atomic E-state index is 13.1. The molecule has 4 unspecified atom stereocenters. The molecule has 2 heterocycles. The predicted octanol–water partition coefficient (Wildman–Crippen LogP) is 1.65. The van der Waals surface area contributed by atoms with E-state index >= 15 is 0 Å². The Morgan fingerprint density at radius 3 is 1.43 bits per heavy atom. The van der Waals surface area contributed by atoms with E-state index in [0.29, 0.717) is 13.1 Å². The van der Waals surface area contributed by atoms with Crippen LogP contribution < -0.4 is 0 Å². The first-order valence-corrected chi connectivity index (χ1v) is 10.3. The average molecular weight is 419 g/mol. The maximum Gasteiger partial charge on any atom is 0.399 e. The van der Waals surface area contributed by atoms with Crippen molar-refractivity contribution in [2.75, 3.05) is 41.3 Å². The van der Waals surface area contributed by atoms with Crippen LogP contribution in [0.15, 0.2) is 24.3 Å². The Bertz CT molecular complexity index is 893. The summed E-state index contributed by atoms with van der Waals surface area (Å²) < 4.78 is 4.32. The van der Waals surface area contributed by atoms with Gasteiger partial charge in [0.05, 0.1) is 25.0 Å². The lowest BCUT2D eigenvalue weighted by Gasteiger charge is -2.23. The molecule has 4 atom stereocenters. The van der Waals surface area contributed by atoms with Crippen LogP contribution >= 0.6 is 0 Å². The zero-order valence-electron chi connectivity index (χ0n) is 19.3. The average Bonchev–Trinajstić information content (AvgIpc) is 3.00. The fourth-order valence-corrected chi connectivity index (χ4v) is 4.33. The molecule has 30 heavy (non-hydrogen) atoms. The fraction of sp³-hybridized carbons (Fsp3) is 0.545. The molecule has 0 spiro atoms. The van der Waals surface area contributed by atoms with Crippen molar-refractivity contribution < 1.29 is 37.7 Å². The van der Waals surface area contributed by atoms with Gasteiger partial charge in [0.15, 0.2) is 13.1 Å². The molecule has 1 aromatic carbocycles. The van der Waals surface area contributed by atoms with Gasteiger partial charge >= 0.3 is 23.6 Å². The first-order chi connectivity index (χ1) is 13.9. The van der Waals surface area contributed by atoms with Gasteiger partial charge in [-0.2, -0.15) is 9.15 Å². The standard InChI is InChI=1S/C22H34N4O4/c1-15-13-25(7,17(3)23(15)5)29-21(27)19-11-9-10-12-20(19)22(28)30-26(8)14-16(2)24(6)18(26)4/h9-12,15-16H,13-14H2,1-8H3/q+4. The van der Waals surface area contributed by atoms with Gasteiger partial charge in [-0.1, -0.05) is 12.1 Å². The van der Waals surface area contributed by atoms with E-state index < -0.39 is 11.9 Å². The first kappa shape index (κ1) is 22.1. The van der Waals surface area contributed by atoms with Crippen LogP contribution in [0.3, 0.4) is 0 Å². The lowest BCUT2D eigenvalue weighted by atomic mass is 10.1. The topological polar surface area (TPSA) is 58.6 Å². The van der Waals surface area contributed by atoms with Gasteiger partial charge in [0.1, 0.15) is 28.2 Å². The molecular formula is C22H34N4O4+4. The van der Waals surface area contributed by atoms with Crippen molar-refractivity contribution >= 4 is 23.6 Å². The largest absolute Gasteiger partial charge is 0.399 e. The first-order valence-electron chi connectivity index (χ1n) is 10.3. The van der Waals surface area contributed by atoms with Gasteiger partial charge in [-0.3, -0.25) is 9.68 Å². The Morgan fingerprint density at radius 1 is 0.833 bits per heavy atom. The number of hydrogen-bond donors (Lipinski definition) is 0. The summed E-state index contributed by atoms with van der Waals surface area (Å²) in [5, 5.41) is 0. The molecule has 162 valence electrons. The summed E-state index contributed by atoms with van der Waals surface area (Å²) in [4.78, 5) is 37.9. The van der Waals surface area contributed by atoms with Gasteiger partial charge in [-0.05, 0) is 21.4 Å². The van der Waals surface area contributed by atoms with E-state index in [4.69, 9.17) is 9.68 Å². The maximum absolute atomic E-state index is 13.1. The van der Waals surface area contributed by atoms with E-state index in [0.717, 1.165) is 11.7 Å². The van der Waals surface area contributed by atoms with Crippen LogP contribution in [0.4, 0.5) is 0 Å². The van der Waals surface area contributed by atoms with Gasteiger partial charge in [0.2, 0.25) is 12.1 Å². The molecular weight excluding hydrogens is 384 g/mol. The molecule has 0 aromatic heterocycles. The number of carbonyl (C=O) groups is 2. The van der Waals surface area contributed by atoms with Crippen molar-refractivity contribution in [3.63, 3.8) is 0 Å². The predicted molar refractivity (Wildman–Crippen MR) is 112 cm³/mol. The van der Waals surface area contributed by atoms with Crippen LogP contribution in [-0.4, -0.2) is 95.4 Å². The summed E-state index contributed by atoms with van der Waals surface area (Å²) in [6, 6.07) is 7.17. The molecule has 3 rings (SSSR count). The summed E-state index contributed by atoms with van der Waals surface area (Å²) in [5.74, 6) is 0.797. The third-order valence-corrected chi connectivity index (χ3v) is 6.87. The number of quaternary nitrogens is 2. The summed E-state index contributed by atoms with van der Waals surface area (Å²) in [7, 11) is 7.69. The van der Waals surface area contributed by atoms with E-state index in [1.165, 1.54) is 0 Å². The Hall–Kier alpha value is -2.58. The fourth-order valence-electron chi connectivity index (χ4n) is 4.33. The lowest BCUT2D eigenvalue weighted by molar-refractivity contribution is -0.999. The number of amidine groups is 2. The normalized spacial score (nSPS) is 31.3. The van der Waals surface area contributed by atoms with Crippen molar-refractivity contribution in [1.82, 2.24) is 0 Å². The monoisotopic (exact) mass is 418 g/mol. The summed E-state index contributed by atoms with van der Waals surface area (Å²) in [6.45, 7) is 9.37. The van der Waals surface area contributed by atoms with Crippen LogP contribution in [0.5, 0.6) is 0 Å². The molecule has 8 nitrogen and oxygen atoms in total. The van der Waals surface area contributed by atoms with E-state index in [1.807, 2.05) is 42.0 Å². The molecule has 1 aromatic rings. The Morgan fingerprint density at radius 2 is 1.17 bits per heavy atom. The molecule has 0 bridgehead atoms. The molecule has 8 heteroatoms. The second-order valence-corrected chi connectivity index (χ2v) is 8.88. The molecule has 0 radical (unpaired) electrons. The minimum Gasteiger partial charge on any atom is -0.261 e. The molecule has 0 amide bonds.